The maximum atomic E-state index is 11.5. The van der Waals surface area contributed by atoms with Gasteiger partial charge in [0.1, 0.15) is 6.07 Å². The summed E-state index contributed by atoms with van der Waals surface area (Å²) in [5.41, 5.74) is 0.497. The number of oxazole rings is 1. The van der Waals surface area contributed by atoms with Crippen molar-refractivity contribution in [3.8, 4) is 17.5 Å². The highest BCUT2D eigenvalue weighted by Gasteiger charge is 2.22. The number of carbonyl (C=O) groups is 1. The Labute approximate surface area is 103 Å². The maximum Gasteiger partial charge on any atom is 0.377 e. The van der Waals surface area contributed by atoms with Crippen LogP contribution in [-0.2, 0) is 4.74 Å². The fourth-order valence-electron chi connectivity index (χ4n) is 1.34. The Balaban J connectivity index is 2.42. The second kappa shape index (κ2) is 5.10. The van der Waals surface area contributed by atoms with Gasteiger partial charge in [-0.3, -0.25) is 4.98 Å². The number of nitriles is 1. The Kier molecular flexibility index (Phi) is 3.34. The molecule has 0 saturated heterocycles. The van der Waals surface area contributed by atoms with Gasteiger partial charge in [0.25, 0.3) is 5.76 Å². The molecule has 0 aliphatic carbocycles. The molecule has 2 heterocycles. The molecular weight excluding hydrogens is 234 g/mol. The van der Waals surface area contributed by atoms with Crippen LogP contribution in [0, 0.1) is 11.3 Å². The van der Waals surface area contributed by atoms with Gasteiger partial charge in [-0.1, -0.05) is 0 Å². The summed E-state index contributed by atoms with van der Waals surface area (Å²) < 4.78 is 10.0. The zero-order chi connectivity index (χ0) is 13.0. The highest BCUT2D eigenvalue weighted by atomic mass is 16.5. The van der Waals surface area contributed by atoms with Gasteiger partial charge >= 0.3 is 5.97 Å². The first-order valence-corrected chi connectivity index (χ1v) is 5.24. The van der Waals surface area contributed by atoms with E-state index in [0.29, 0.717) is 5.56 Å². The molecule has 0 aromatic carbocycles. The molecule has 0 spiro atoms. The van der Waals surface area contributed by atoms with E-state index in [1.54, 1.807) is 31.3 Å². The summed E-state index contributed by atoms with van der Waals surface area (Å²) >= 11 is 0. The highest BCUT2D eigenvalue weighted by molar-refractivity contribution is 5.89. The lowest BCUT2D eigenvalue weighted by Gasteiger charge is -1.96. The van der Waals surface area contributed by atoms with E-state index in [4.69, 9.17) is 14.4 Å². The molecule has 2 aromatic rings. The molecule has 0 atom stereocenters. The number of esters is 1. The minimum Gasteiger partial charge on any atom is -0.460 e. The zero-order valence-corrected chi connectivity index (χ0v) is 9.58. The van der Waals surface area contributed by atoms with E-state index in [2.05, 4.69) is 9.97 Å². The van der Waals surface area contributed by atoms with Gasteiger partial charge < -0.3 is 9.15 Å². The van der Waals surface area contributed by atoms with Crippen LogP contribution in [0.25, 0.3) is 11.5 Å². The number of nitrogens with zero attached hydrogens (tertiary/aromatic N) is 3. The summed E-state index contributed by atoms with van der Waals surface area (Å²) in [4.78, 5) is 19.4. The van der Waals surface area contributed by atoms with E-state index in [1.165, 1.54) is 6.20 Å². The van der Waals surface area contributed by atoms with Crippen LogP contribution < -0.4 is 0 Å². The van der Waals surface area contributed by atoms with Crippen molar-refractivity contribution in [1.82, 2.24) is 9.97 Å². The van der Waals surface area contributed by atoms with Crippen LogP contribution in [0.5, 0.6) is 0 Å². The van der Waals surface area contributed by atoms with Gasteiger partial charge in [0, 0.05) is 12.4 Å². The van der Waals surface area contributed by atoms with Crippen LogP contribution in [0.3, 0.4) is 0 Å². The van der Waals surface area contributed by atoms with Crippen molar-refractivity contribution in [3.05, 3.63) is 36.0 Å². The van der Waals surface area contributed by atoms with E-state index in [9.17, 15) is 4.79 Å². The monoisotopic (exact) mass is 243 g/mol. The van der Waals surface area contributed by atoms with Gasteiger partial charge in [-0.05, 0) is 19.1 Å². The molecule has 0 bridgehead atoms. The van der Waals surface area contributed by atoms with E-state index in [1.807, 2.05) is 0 Å². The molecule has 0 unspecified atom stereocenters. The lowest BCUT2D eigenvalue weighted by atomic mass is 10.3. The van der Waals surface area contributed by atoms with Crippen molar-refractivity contribution < 1.29 is 13.9 Å². The average molecular weight is 243 g/mol. The first kappa shape index (κ1) is 11.8. The normalized spacial score (nSPS) is 9.78. The van der Waals surface area contributed by atoms with Crippen molar-refractivity contribution in [2.24, 2.45) is 0 Å². The Morgan fingerprint density at radius 3 is 3.06 bits per heavy atom. The predicted molar refractivity (Wildman–Crippen MR) is 60.4 cm³/mol. The molecule has 6 heteroatoms. The Bertz CT molecular complexity index is 599. The summed E-state index contributed by atoms with van der Waals surface area (Å²) in [6, 6.07) is 5.22. The minimum atomic E-state index is -0.698. The van der Waals surface area contributed by atoms with Gasteiger partial charge in [0.15, 0.2) is 5.69 Å². The van der Waals surface area contributed by atoms with Crippen LogP contribution in [0.4, 0.5) is 0 Å². The molecule has 6 nitrogen and oxygen atoms in total. The highest BCUT2D eigenvalue weighted by Crippen LogP contribution is 2.21. The lowest BCUT2D eigenvalue weighted by Crippen LogP contribution is -2.05. The van der Waals surface area contributed by atoms with Crippen molar-refractivity contribution in [2.45, 2.75) is 6.92 Å². The van der Waals surface area contributed by atoms with Crippen LogP contribution in [-0.4, -0.2) is 22.5 Å². The SMILES string of the molecule is CCOC(=O)c1oc(-c2cccnc2)nc1C#N. The first-order valence-electron chi connectivity index (χ1n) is 5.24. The Morgan fingerprint density at radius 1 is 1.61 bits per heavy atom. The third kappa shape index (κ3) is 2.20. The van der Waals surface area contributed by atoms with Crippen molar-refractivity contribution in [2.75, 3.05) is 6.61 Å². The van der Waals surface area contributed by atoms with E-state index < -0.39 is 5.97 Å². The Hall–Kier alpha value is -2.68. The fourth-order valence-corrected chi connectivity index (χ4v) is 1.34. The summed E-state index contributed by atoms with van der Waals surface area (Å²) in [5, 5.41) is 8.90. The van der Waals surface area contributed by atoms with Gasteiger partial charge in [0.05, 0.1) is 12.2 Å². The largest absolute Gasteiger partial charge is 0.460 e. The zero-order valence-electron chi connectivity index (χ0n) is 9.58. The second-order valence-corrected chi connectivity index (χ2v) is 3.27. The number of aromatic nitrogens is 2. The average Bonchev–Trinajstić information content (AvgIpc) is 2.84. The van der Waals surface area contributed by atoms with Crippen LogP contribution >= 0.6 is 0 Å². The number of ether oxygens (including phenoxy) is 1. The maximum absolute atomic E-state index is 11.5. The summed E-state index contributed by atoms with van der Waals surface area (Å²) in [6.45, 7) is 1.87. The summed E-state index contributed by atoms with van der Waals surface area (Å²) in [7, 11) is 0. The summed E-state index contributed by atoms with van der Waals surface area (Å²) in [5.74, 6) is -0.711. The third-order valence-electron chi connectivity index (χ3n) is 2.10. The molecule has 2 rings (SSSR count). The topological polar surface area (TPSA) is 89.0 Å². The smallest absolute Gasteiger partial charge is 0.377 e. The van der Waals surface area contributed by atoms with E-state index in [0.717, 1.165) is 0 Å². The molecule has 90 valence electrons. The molecule has 0 amide bonds. The first-order chi connectivity index (χ1) is 8.76. The number of hydrogen-bond acceptors (Lipinski definition) is 6. The number of carbonyl (C=O) groups excluding carboxylic acids is 1. The van der Waals surface area contributed by atoms with Crippen molar-refractivity contribution in [3.63, 3.8) is 0 Å². The van der Waals surface area contributed by atoms with Crippen LogP contribution in [0.2, 0.25) is 0 Å². The van der Waals surface area contributed by atoms with E-state index in [-0.39, 0.29) is 24.0 Å². The predicted octanol–water partition coefficient (Wildman–Crippen LogP) is 1.78. The van der Waals surface area contributed by atoms with Crippen LogP contribution in [0.1, 0.15) is 23.2 Å². The van der Waals surface area contributed by atoms with Gasteiger partial charge in [-0.2, -0.15) is 10.2 Å². The van der Waals surface area contributed by atoms with Crippen LogP contribution in [0.15, 0.2) is 28.9 Å². The van der Waals surface area contributed by atoms with Gasteiger partial charge in [-0.15, -0.1) is 0 Å². The fraction of sp³-hybridized carbons (Fsp3) is 0.167. The number of pyridine rings is 1. The van der Waals surface area contributed by atoms with Crippen molar-refractivity contribution in [1.29, 1.82) is 5.26 Å². The minimum absolute atomic E-state index is 0.0905. The second-order valence-electron chi connectivity index (χ2n) is 3.27. The Morgan fingerprint density at radius 2 is 2.44 bits per heavy atom. The van der Waals surface area contributed by atoms with E-state index >= 15 is 0 Å². The quantitative estimate of drug-likeness (QED) is 0.763. The molecule has 18 heavy (non-hydrogen) atoms. The van der Waals surface area contributed by atoms with Gasteiger partial charge in [0.2, 0.25) is 5.89 Å². The molecule has 0 aliphatic rings. The molecule has 0 fully saturated rings. The lowest BCUT2D eigenvalue weighted by molar-refractivity contribution is 0.0490. The van der Waals surface area contributed by atoms with Crippen molar-refractivity contribution >= 4 is 5.97 Å². The molecule has 0 aliphatic heterocycles. The standard InChI is InChI=1S/C12H9N3O3/c1-2-17-12(16)10-9(6-13)15-11(18-10)8-4-3-5-14-7-8/h3-5,7H,2H2,1H3. The molecule has 0 N–H and O–H groups in total. The summed E-state index contributed by atoms with van der Waals surface area (Å²) in [6.07, 6.45) is 3.13. The molecule has 0 saturated carbocycles. The number of rotatable bonds is 3. The molecule has 0 radical (unpaired) electrons. The molecular formula is C12H9N3O3. The number of hydrogen-bond donors (Lipinski definition) is 0. The third-order valence-corrected chi connectivity index (χ3v) is 2.10. The van der Waals surface area contributed by atoms with Gasteiger partial charge in [-0.25, -0.2) is 4.79 Å². The molecule has 2 aromatic heterocycles.